The summed E-state index contributed by atoms with van der Waals surface area (Å²) in [5, 5.41) is 5.74. The van der Waals surface area contributed by atoms with E-state index in [1.54, 1.807) is 19.2 Å². The average Bonchev–Trinajstić information content (AvgIpc) is 2.38. The smallest absolute Gasteiger partial charge is 0.387 e. The van der Waals surface area contributed by atoms with Crippen LogP contribution in [0.15, 0.2) is 18.2 Å². The van der Waals surface area contributed by atoms with Gasteiger partial charge in [-0.1, -0.05) is 6.07 Å². The highest BCUT2D eigenvalue weighted by Crippen LogP contribution is 2.32. The molecule has 2 rings (SSSR count). The number of likely N-dealkylation sites (N-methyl/N-ethyl adjacent to an activating group) is 1. The number of alkyl halides is 2. The predicted octanol–water partition coefficient (Wildman–Crippen LogP) is 2.00. The predicted molar refractivity (Wildman–Crippen MR) is 70.8 cm³/mol. The molecule has 0 spiro atoms. The SMILES string of the molecule is CNCC(=O)NC1CCCc2cc(OC(F)F)ccc21. The van der Waals surface area contributed by atoms with Gasteiger partial charge >= 0.3 is 6.61 Å². The lowest BCUT2D eigenvalue weighted by atomic mass is 9.87. The summed E-state index contributed by atoms with van der Waals surface area (Å²) < 4.78 is 28.8. The summed E-state index contributed by atoms with van der Waals surface area (Å²) >= 11 is 0. The molecule has 110 valence electrons. The van der Waals surface area contributed by atoms with Crippen LogP contribution in [0, 0.1) is 0 Å². The number of nitrogens with one attached hydrogen (secondary N) is 2. The molecule has 0 radical (unpaired) electrons. The molecule has 0 saturated carbocycles. The highest BCUT2D eigenvalue weighted by molar-refractivity contribution is 5.78. The number of hydrogen-bond acceptors (Lipinski definition) is 3. The zero-order chi connectivity index (χ0) is 14.5. The Morgan fingerprint density at radius 1 is 1.50 bits per heavy atom. The second-order valence-corrected chi connectivity index (χ2v) is 4.78. The number of amides is 1. The van der Waals surface area contributed by atoms with Gasteiger partial charge in [0.1, 0.15) is 5.75 Å². The molecule has 1 aromatic rings. The summed E-state index contributed by atoms with van der Waals surface area (Å²) in [7, 11) is 1.71. The Morgan fingerprint density at radius 2 is 2.30 bits per heavy atom. The molecule has 2 N–H and O–H groups in total. The normalized spacial score (nSPS) is 17.7. The lowest BCUT2D eigenvalue weighted by molar-refractivity contribution is -0.121. The monoisotopic (exact) mass is 284 g/mol. The molecule has 1 aliphatic carbocycles. The zero-order valence-corrected chi connectivity index (χ0v) is 11.3. The van der Waals surface area contributed by atoms with Gasteiger partial charge in [0.05, 0.1) is 12.6 Å². The second-order valence-electron chi connectivity index (χ2n) is 4.78. The zero-order valence-electron chi connectivity index (χ0n) is 11.3. The molecule has 0 heterocycles. The molecular formula is C14H18F2N2O2. The van der Waals surface area contributed by atoms with Gasteiger partial charge in [0.25, 0.3) is 0 Å². The van der Waals surface area contributed by atoms with Crippen LogP contribution >= 0.6 is 0 Å². The van der Waals surface area contributed by atoms with Crippen LogP contribution in [0.4, 0.5) is 8.78 Å². The molecule has 20 heavy (non-hydrogen) atoms. The first-order valence-corrected chi connectivity index (χ1v) is 6.61. The largest absolute Gasteiger partial charge is 0.435 e. The maximum atomic E-state index is 12.2. The van der Waals surface area contributed by atoms with E-state index in [4.69, 9.17) is 0 Å². The van der Waals surface area contributed by atoms with Crippen LogP contribution in [0.2, 0.25) is 0 Å². The molecule has 0 bridgehead atoms. The fourth-order valence-corrected chi connectivity index (χ4v) is 2.52. The van der Waals surface area contributed by atoms with Crippen molar-refractivity contribution in [1.82, 2.24) is 10.6 Å². The van der Waals surface area contributed by atoms with E-state index in [1.165, 1.54) is 6.07 Å². The van der Waals surface area contributed by atoms with Crippen molar-refractivity contribution in [1.29, 1.82) is 0 Å². The molecule has 1 unspecified atom stereocenters. The number of hydrogen-bond donors (Lipinski definition) is 2. The van der Waals surface area contributed by atoms with Gasteiger partial charge < -0.3 is 15.4 Å². The lowest BCUT2D eigenvalue weighted by Crippen LogP contribution is -2.36. The molecule has 6 heteroatoms. The number of benzene rings is 1. The van der Waals surface area contributed by atoms with Crippen molar-refractivity contribution in [3.63, 3.8) is 0 Å². The molecule has 0 fully saturated rings. The Bertz CT molecular complexity index is 480. The number of halogens is 2. The quantitative estimate of drug-likeness (QED) is 0.869. The summed E-state index contributed by atoms with van der Waals surface area (Å²) in [5.74, 6) is 0.0965. The third kappa shape index (κ3) is 3.66. The topological polar surface area (TPSA) is 50.4 Å². The van der Waals surface area contributed by atoms with Crippen molar-refractivity contribution in [3.8, 4) is 5.75 Å². The van der Waals surface area contributed by atoms with E-state index in [9.17, 15) is 13.6 Å². The van der Waals surface area contributed by atoms with E-state index in [0.29, 0.717) is 0 Å². The fourth-order valence-electron chi connectivity index (χ4n) is 2.52. The van der Waals surface area contributed by atoms with Crippen molar-refractivity contribution >= 4 is 5.91 Å². The van der Waals surface area contributed by atoms with Crippen molar-refractivity contribution in [2.75, 3.05) is 13.6 Å². The van der Waals surface area contributed by atoms with Gasteiger partial charge in [0.2, 0.25) is 5.91 Å². The van der Waals surface area contributed by atoms with E-state index >= 15 is 0 Å². The van der Waals surface area contributed by atoms with Crippen molar-refractivity contribution in [3.05, 3.63) is 29.3 Å². The Kier molecular flexibility index (Phi) is 4.89. The van der Waals surface area contributed by atoms with Crippen LogP contribution in [0.3, 0.4) is 0 Å². The standard InChI is InChI=1S/C14H18F2N2O2/c1-17-8-13(19)18-12-4-2-3-9-7-10(20-14(15)16)5-6-11(9)12/h5-7,12,14,17H,2-4,8H2,1H3,(H,18,19). The van der Waals surface area contributed by atoms with Crippen LogP contribution < -0.4 is 15.4 Å². The Balaban J connectivity index is 2.13. The van der Waals surface area contributed by atoms with Gasteiger partial charge in [-0.3, -0.25) is 4.79 Å². The van der Waals surface area contributed by atoms with Crippen molar-refractivity contribution in [2.24, 2.45) is 0 Å². The minimum atomic E-state index is -2.82. The lowest BCUT2D eigenvalue weighted by Gasteiger charge is -2.27. The number of carbonyl (C=O) groups excluding carboxylic acids is 1. The van der Waals surface area contributed by atoms with Gasteiger partial charge in [-0.15, -0.1) is 0 Å². The summed E-state index contributed by atoms with van der Waals surface area (Å²) in [6.07, 6.45) is 2.58. The molecule has 1 aromatic carbocycles. The third-order valence-electron chi connectivity index (χ3n) is 3.33. The van der Waals surface area contributed by atoms with Crippen molar-refractivity contribution in [2.45, 2.75) is 31.9 Å². The number of ether oxygens (including phenoxy) is 1. The van der Waals surface area contributed by atoms with E-state index in [2.05, 4.69) is 15.4 Å². The summed E-state index contributed by atoms with van der Waals surface area (Å²) in [6.45, 7) is -2.55. The summed E-state index contributed by atoms with van der Waals surface area (Å²) in [6, 6.07) is 4.86. The molecule has 4 nitrogen and oxygen atoms in total. The van der Waals surface area contributed by atoms with Crippen LogP contribution in [0.25, 0.3) is 0 Å². The minimum Gasteiger partial charge on any atom is -0.435 e. The van der Waals surface area contributed by atoms with Crippen LogP contribution in [-0.2, 0) is 11.2 Å². The Morgan fingerprint density at radius 3 is 3.00 bits per heavy atom. The van der Waals surface area contributed by atoms with Crippen LogP contribution in [0.5, 0.6) is 5.75 Å². The first-order chi connectivity index (χ1) is 9.60. The molecule has 1 atom stereocenters. The maximum absolute atomic E-state index is 12.2. The van der Waals surface area contributed by atoms with E-state index < -0.39 is 6.61 Å². The first kappa shape index (κ1) is 14.7. The van der Waals surface area contributed by atoms with Crippen LogP contribution in [-0.4, -0.2) is 26.1 Å². The fraction of sp³-hybridized carbons (Fsp3) is 0.500. The molecule has 1 aliphatic rings. The van der Waals surface area contributed by atoms with Gasteiger partial charge in [0.15, 0.2) is 0 Å². The minimum absolute atomic E-state index is 0.0554. The first-order valence-electron chi connectivity index (χ1n) is 6.61. The molecule has 0 saturated heterocycles. The third-order valence-corrected chi connectivity index (χ3v) is 3.33. The average molecular weight is 284 g/mol. The number of carbonyl (C=O) groups is 1. The maximum Gasteiger partial charge on any atom is 0.387 e. The van der Waals surface area contributed by atoms with Gasteiger partial charge in [-0.05, 0) is 49.6 Å². The summed E-state index contributed by atoms with van der Waals surface area (Å²) in [5.41, 5.74) is 1.95. The molecular weight excluding hydrogens is 266 g/mol. The van der Waals surface area contributed by atoms with E-state index in [1.807, 2.05) is 0 Å². The van der Waals surface area contributed by atoms with E-state index in [0.717, 1.165) is 30.4 Å². The highest BCUT2D eigenvalue weighted by Gasteiger charge is 2.22. The molecule has 1 amide bonds. The number of fused-ring (bicyclic) bond motifs is 1. The number of rotatable bonds is 5. The molecule has 0 aliphatic heterocycles. The number of aryl methyl sites for hydroxylation is 1. The Labute approximate surface area is 116 Å². The van der Waals surface area contributed by atoms with Gasteiger partial charge in [-0.2, -0.15) is 8.78 Å². The highest BCUT2D eigenvalue weighted by atomic mass is 19.3. The Hall–Kier alpha value is -1.69. The van der Waals surface area contributed by atoms with Gasteiger partial charge in [0, 0.05) is 0 Å². The van der Waals surface area contributed by atoms with Gasteiger partial charge in [-0.25, -0.2) is 0 Å². The van der Waals surface area contributed by atoms with E-state index in [-0.39, 0.29) is 24.2 Å². The summed E-state index contributed by atoms with van der Waals surface area (Å²) in [4.78, 5) is 11.6. The molecule has 0 aromatic heterocycles. The second kappa shape index (κ2) is 6.65. The van der Waals surface area contributed by atoms with Crippen LogP contribution in [0.1, 0.15) is 30.0 Å². The van der Waals surface area contributed by atoms with Crippen molar-refractivity contribution < 1.29 is 18.3 Å².